The number of carbonyl (C=O) groups excluding carboxylic acids is 1. The zero-order valence-corrected chi connectivity index (χ0v) is 16.6. The molecule has 3 rings (SSSR count). The van der Waals surface area contributed by atoms with Crippen molar-refractivity contribution in [3.63, 3.8) is 0 Å². The van der Waals surface area contributed by atoms with Gasteiger partial charge in [0.25, 0.3) is 5.91 Å². The molecule has 1 aromatic heterocycles. The number of rotatable bonds is 6. The number of benzene rings is 2. The van der Waals surface area contributed by atoms with Crippen LogP contribution in [-0.4, -0.2) is 43.5 Å². The van der Waals surface area contributed by atoms with E-state index in [9.17, 15) is 4.79 Å². The van der Waals surface area contributed by atoms with Gasteiger partial charge in [0, 0.05) is 23.0 Å². The first kappa shape index (κ1) is 19.0. The normalized spacial score (nSPS) is 12.4. The van der Waals surface area contributed by atoms with Crippen LogP contribution in [0, 0.1) is 13.8 Å². The number of hydrogen-bond acceptors (Lipinski definition) is 3. The Kier molecular flexibility index (Phi) is 5.51. The van der Waals surface area contributed by atoms with E-state index < -0.39 is 0 Å². The minimum Gasteiger partial charge on any atom is -0.496 e. The van der Waals surface area contributed by atoms with Crippen LogP contribution in [0.1, 0.15) is 33.2 Å². The number of hydrogen-bond donors (Lipinski definition) is 2. The van der Waals surface area contributed by atoms with Gasteiger partial charge in [-0.2, -0.15) is 0 Å². The maximum Gasteiger partial charge on any atom is 0.267 e. The average molecular weight is 365 g/mol. The van der Waals surface area contributed by atoms with Crippen molar-refractivity contribution in [2.75, 3.05) is 27.7 Å². The second kappa shape index (κ2) is 7.84. The fraction of sp³-hybridized carbons (Fsp3) is 0.318. The highest BCUT2D eigenvalue weighted by atomic mass is 16.5. The monoisotopic (exact) mass is 365 g/mol. The average Bonchev–Trinajstić information content (AvgIpc) is 3.06. The third-order valence-corrected chi connectivity index (χ3v) is 4.91. The van der Waals surface area contributed by atoms with Gasteiger partial charge in [-0.15, -0.1) is 0 Å². The van der Waals surface area contributed by atoms with Crippen LogP contribution in [0.15, 0.2) is 42.5 Å². The maximum absolute atomic E-state index is 12.7. The second-order valence-corrected chi connectivity index (χ2v) is 7.16. The number of para-hydroxylation sites is 1. The van der Waals surface area contributed by atoms with Gasteiger partial charge in [0.15, 0.2) is 0 Å². The lowest BCUT2D eigenvalue weighted by Crippen LogP contribution is -2.34. The first-order valence-corrected chi connectivity index (χ1v) is 9.08. The van der Waals surface area contributed by atoms with Gasteiger partial charge >= 0.3 is 0 Å². The molecule has 0 saturated heterocycles. The van der Waals surface area contributed by atoms with Crippen molar-refractivity contribution < 1.29 is 9.53 Å². The van der Waals surface area contributed by atoms with Gasteiger partial charge in [-0.3, -0.25) is 4.79 Å². The number of fused-ring (bicyclic) bond motifs is 1. The Morgan fingerprint density at radius 1 is 1.19 bits per heavy atom. The molecule has 2 aromatic carbocycles. The summed E-state index contributed by atoms with van der Waals surface area (Å²) in [5.41, 5.74) is 4.97. The Hall–Kier alpha value is -2.79. The molecule has 0 radical (unpaired) electrons. The number of likely N-dealkylation sites (N-methyl/N-ethyl adjacent to an activating group) is 1. The molecule has 0 aliphatic rings. The number of aromatic nitrogens is 1. The van der Waals surface area contributed by atoms with Gasteiger partial charge < -0.3 is 19.9 Å². The summed E-state index contributed by atoms with van der Waals surface area (Å²) in [4.78, 5) is 18.1. The van der Waals surface area contributed by atoms with Gasteiger partial charge in [-0.25, -0.2) is 0 Å². The number of aromatic amines is 1. The van der Waals surface area contributed by atoms with E-state index in [1.165, 1.54) is 11.1 Å². The van der Waals surface area contributed by atoms with E-state index in [1.807, 2.05) is 44.4 Å². The largest absolute Gasteiger partial charge is 0.496 e. The number of methoxy groups -OCH3 is 1. The molecule has 1 amide bonds. The number of amides is 1. The molecule has 0 aliphatic heterocycles. The summed E-state index contributed by atoms with van der Waals surface area (Å²) in [6.07, 6.45) is 0. The van der Waals surface area contributed by atoms with Crippen LogP contribution in [0.2, 0.25) is 0 Å². The van der Waals surface area contributed by atoms with E-state index in [0.29, 0.717) is 12.2 Å². The summed E-state index contributed by atoms with van der Waals surface area (Å²) in [7, 11) is 5.66. The Bertz CT molecular complexity index is 959. The zero-order chi connectivity index (χ0) is 19.6. The molecular formula is C22H27N3O2. The van der Waals surface area contributed by atoms with Crippen molar-refractivity contribution in [2.45, 2.75) is 19.9 Å². The highest BCUT2D eigenvalue weighted by Gasteiger charge is 2.20. The van der Waals surface area contributed by atoms with Crippen LogP contribution in [0.25, 0.3) is 10.9 Å². The molecule has 1 heterocycles. The molecule has 0 aliphatic carbocycles. The predicted octanol–water partition coefficient (Wildman–Crippen LogP) is 3.83. The fourth-order valence-corrected chi connectivity index (χ4v) is 3.52. The number of ether oxygens (including phenoxy) is 1. The van der Waals surface area contributed by atoms with Gasteiger partial charge in [0.2, 0.25) is 0 Å². The highest BCUT2D eigenvalue weighted by Crippen LogP contribution is 2.27. The van der Waals surface area contributed by atoms with Crippen LogP contribution in [-0.2, 0) is 0 Å². The molecule has 0 fully saturated rings. The van der Waals surface area contributed by atoms with Crippen LogP contribution in [0.4, 0.5) is 0 Å². The van der Waals surface area contributed by atoms with Gasteiger partial charge in [0.1, 0.15) is 11.4 Å². The highest BCUT2D eigenvalue weighted by molar-refractivity contribution is 5.99. The quantitative estimate of drug-likeness (QED) is 0.698. The molecule has 1 unspecified atom stereocenters. The van der Waals surface area contributed by atoms with Gasteiger partial charge in [-0.05, 0) is 57.3 Å². The Morgan fingerprint density at radius 2 is 1.93 bits per heavy atom. The zero-order valence-electron chi connectivity index (χ0n) is 16.6. The molecule has 0 bridgehead atoms. The summed E-state index contributed by atoms with van der Waals surface area (Å²) in [6, 6.07) is 14.0. The standard InChI is InChI=1S/C22H27N3O2/c1-14-10-15(2)17-12-19(24-18(17)11-14)22(26)23-13-20(25(3)4)16-8-6-7-9-21(16)27-5/h6-12,20,24H,13H2,1-5H3,(H,23,26). The smallest absolute Gasteiger partial charge is 0.267 e. The molecule has 0 saturated carbocycles. The SMILES string of the molecule is COc1ccccc1C(CNC(=O)c1cc2c(C)cc(C)cc2[nH]1)N(C)C. The van der Waals surface area contributed by atoms with Crippen LogP contribution in [0.3, 0.4) is 0 Å². The molecule has 5 nitrogen and oxygen atoms in total. The van der Waals surface area contributed by atoms with Crippen molar-refractivity contribution in [1.29, 1.82) is 0 Å². The van der Waals surface area contributed by atoms with Crippen molar-refractivity contribution in [3.8, 4) is 5.75 Å². The summed E-state index contributed by atoms with van der Waals surface area (Å²) >= 11 is 0. The number of aryl methyl sites for hydroxylation is 2. The Labute approximate surface area is 160 Å². The van der Waals surface area contributed by atoms with Crippen LogP contribution >= 0.6 is 0 Å². The predicted molar refractivity (Wildman–Crippen MR) is 110 cm³/mol. The Balaban J connectivity index is 1.80. The summed E-state index contributed by atoms with van der Waals surface area (Å²) in [5, 5.41) is 4.14. The Morgan fingerprint density at radius 3 is 2.63 bits per heavy atom. The lowest BCUT2D eigenvalue weighted by Gasteiger charge is -2.26. The molecular weight excluding hydrogens is 338 g/mol. The number of nitrogens with zero attached hydrogens (tertiary/aromatic N) is 1. The van der Waals surface area contributed by atoms with Gasteiger partial charge in [-0.1, -0.05) is 24.3 Å². The van der Waals surface area contributed by atoms with Crippen LogP contribution in [0.5, 0.6) is 5.75 Å². The lowest BCUT2D eigenvalue weighted by atomic mass is 10.0. The molecule has 5 heteroatoms. The van der Waals surface area contributed by atoms with E-state index in [0.717, 1.165) is 22.2 Å². The fourth-order valence-electron chi connectivity index (χ4n) is 3.52. The molecule has 1 atom stereocenters. The first-order valence-electron chi connectivity index (χ1n) is 9.08. The molecule has 0 spiro atoms. The minimum absolute atomic E-state index is 0.0125. The van der Waals surface area contributed by atoms with Gasteiger partial charge in [0.05, 0.1) is 13.2 Å². The third kappa shape index (κ3) is 3.98. The molecule has 142 valence electrons. The second-order valence-electron chi connectivity index (χ2n) is 7.16. The number of H-pyrrole nitrogens is 1. The van der Waals surface area contributed by atoms with Crippen molar-refractivity contribution in [3.05, 3.63) is 64.8 Å². The van der Waals surface area contributed by atoms with E-state index in [-0.39, 0.29) is 11.9 Å². The molecule has 3 aromatic rings. The summed E-state index contributed by atoms with van der Waals surface area (Å²) in [5.74, 6) is 0.715. The van der Waals surface area contributed by atoms with Crippen molar-refractivity contribution in [2.24, 2.45) is 0 Å². The number of nitrogens with one attached hydrogen (secondary N) is 2. The third-order valence-electron chi connectivity index (χ3n) is 4.91. The topological polar surface area (TPSA) is 57.4 Å². The van der Waals surface area contributed by atoms with E-state index >= 15 is 0 Å². The maximum atomic E-state index is 12.7. The molecule has 27 heavy (non-hydrogen) atoms. The van der Waals surface area contributed by atoms with E-state index in [1.54, 1.807) is 7.11 Å². The minimum atomic E-state index is -0.106. The van der Waals surface area contributed by atoms with E-state index in [4.69, 9.17) is 4.74 Å². The summed E-state index contributed by atoms with van der Waals surface area (Å²) < 4.78 is 5.49. The molecule has 2 N–H and O–H groups in total. The van der Waals surface area contributed by atoms with E-state index in [2.05, 4.69) is 41.2 Å². The van der Waals surface area contributed by atoms with Crippen molar-refractivity contribution in [1.82, 2.24) is 15.2 Å². The number of carbonyl (C=O) groups is 1. The van der Waals surface area contributed by atoms with Crippen LogP contribution < -0.4 is 10.1 Å². The first-order chi connectivity index (χ1) is 12.9. The van der Waals surface area contributed by atoms with Crippen molar-refractivity contribution >= 4 is 16.8 Å². The summed E-state index contributed by atoms with van der Waals surface area (Å²) in [6.45, 7) is 4.61. The lowest BCUT2D eigenvalue weighted by molar-refractivity contribution is 0.0937.